The number of aliphatic hydroxyl groups is 1. The summed E-state index contributed by atoms with van der Waals surface area (Å²) in [7, 11) is 0. The highest BCUT2D eigenvalue weighted by Gasteiger charge is 2.23. The molecule has 0 spiro atoms. The van der Waals surface area contributed by atoms with Crippen LogP contribution in [0, 0.1) is 11.6 Å². The van der Waals surface area contributed by atoms with Crippen LogP contribution >= 0.6 is 0 Å². The molecule has 1 N–H and O–H groups in total. The van der Waals surface area contributed by atoms with Gasteiger partial charge in [-0.3, -0.25) is 0 Å². The van der Waals surface area contributed by atoms with Crippen LogP contribution in [0.4, 0.5) is 8.78 Å². The molecule has 14 heavy (non-hydrogen) atoms. The van der Waals surface area contributed by atoms with Crippen LogP contribution in [-0.4, -0.2) is 17.0 Å². The van der Waals surface area contributed by atoms with Crippen LogP contribution in [0.15, 0.2) is 18.2 Å². The first-order chi connectivity index (χ1) is 6.46. The number of rotatable bonds is 3. The van der Waals surface area contributed by atoms with Gasteiger partial charge in [-0.15, -0.1) is 0 Å². The van der Waals surface area contributed by atoms with Gasteiger partial charge in [-0.1, -0.05) is 6.07 Å². The van der Waals surface area contributed by atoms with E-state index < -0.39 is 17.2 Å². The molecule has 0 aromatic heterocycles. The lowest BCUT2D eigenvalue weighted by Crippen LogP contribution is -2.29. The molecule has 0 amide bonds. The second kappa shape index (κ2) is 3.84. The van der Waals surface area contributed by atoms with Gasteiger partial charge in [-0.05, 0) is 19.1 Å². The fraction of sp³-hybridized carbons (Fsp3) is 0.300. The van der Waals surface area contributed by atoms with E-state index in [1.165, 1.54) is 13.0 Å². The van der Waals surface area contributed by atoms with Crippen molar-refractivity contribution in [2.75, 3.05) is 0 Å². The minimum absolute atomic E-state index is 0.263. The highest BCUT2D eigenvalue weighted by molar-refractivity contribution is 5.62. The Kier molecular flexibility index (Phi) is 2.96. The molecule has 1 aromatic rings. The van der Waals surface area contributed by atoms with E-state index in [1.807, 2.05) is 0 Å². The Morgan fingerprint density at radius 1 is 1.43 bits per heavy atom. The molecule has 2 nitrogen and oxygen atoms in total. The maximum atomic E-state index is 13.1. The number of carbonyl (C=O) groups is 1. The second-order valence-corrected chi connectivity index (χ2v) is 3.35. The normalized spacial score (nSPS) is 14.9. The van der Waals surface area contributed by atoms with Crippen molar-refractivity contribution >= 4 is 6.29 Å². The highest BCUT2D eigenvalue weighted by atomic mass is 19.1. The van der Waals surface area contributed by atoms with E-state index in [2.05, 4.69) is 0 Å². The maximum Gasteiger partial charge on any atom is 0.151 e. The van der Waals surface area contributed by atoms with Gasteiger partial charge >= 0.3 is 0 Å². The molecule has 0 aliphatic heterocycles. The van der Waals surface area contributed by atoms with Crippen molar-refractivity contribution in [3.63, 3.8) is 0 Å². The van der Waals surface area contributed by atoms with Gasteiger partial charge in [0, 0.05) is 12.0 Å². The molecular weight excluding hydrogens is 190 g/mol. The first kappa shape index (κ1) is 10.8. The van der Waals surface area contributed by atoms with E-state index in [-0.39, 0.29) is 18.3 Å². The van der Waals surface area contributed by atoms with Crippen molar-refractivity contribution in [3.05, 3.63) is 35.4 Å². The molecule has 76 valence electrons. The third-order valence-corrected chi connectivity index (χ3v) is 1.85. The van der Waals surface area contributed by atoms with E-state index in [1.54, 1.807) is 0 Å². The van der Waals surface area contributed by atoms with Gasteiger partial charge in [0.1, 0.15) is 17.2 Å². The van der Waals surface area contributed by atoms with E-state index in [4.69, 9.17) is 0 Å². The zero-order valence-corrected chi connectivity index (χ0v) is 7.63. The summed E-state index contributed by atoms with van der Waals surface area (Å²) in [4.78, 5) is 10.4. The Balaban J connectivity index is 3.02. The van der Waals surface area contributed by atoms with Crippen LogP contribution in [0.2, 0.25) is 0 Å². The van der Waals surface area contributed by atoms with Gasteiger partial charge in [-0.2, -0.15) is 0 Å². The summed E-state index contributed by atoms with van der Waals surface area (Å²) in [5.41, 5.74) is -2.01. The van der Waals surface area contributed by atoms with E-state index in [0.717, 1.165) is 12.1 Å². The second-order valence-electron chi connectivity index (χ2n) is 3.35. The Bertz CT molecular complexity index is 328. The molecule has 0 bridgehead atoms. The van der Waals surface area contributed by atoms with Crippen LogP contribution in [0.3, 0.4) is 0 Å². The fourth-order valence-electron chi connectivity index (χ4n) is 1.10. The third-order valence-electron chi connectivity index (χ3n) is 1.85. The third kappa shape index (κ3) is 2.35. The van der Waals surface area contributed by atoms with Crippen molar-refractivity contribution in [1.82, 2.24) is 0 Å². The van der Waals surface area contributed by atoms with Gasteiger partial charge in [-0.25, -0.2) is 8.78 Å². The van der Waals surface area contributed by atoms with E-state index >= 15 is 0 Å². The first-order valence-electron chi connectivity index (χ1n) is 4.08. The predicted molar refractivity (Wildman–Crippen MR) is 46.7 cm³/mol. The fourth-order valence-corrected chi connectivity index (χ4v) is 1.10. The lowest BCUT2D eigenvalue weighted by Gasteiger charge is -2.16. The van der Waals surface area contributed by atoms with Gasteiger partial charge in [0.15, 0.2) is 6.29 Å². The maximum absolute atomic E-state index is 13.1. The average Bonchev–Trinajstić information content (AvgIpc) is 2.12. The SMILES string of the molecule is CC(O)(C=O)Cc1c(F)cccc1F. The average molecular weight is 200 g/mol. The Morgan fingerprint density at radius 2 is 1.93 bits per heavy atom. The summed E-state index contributed by atoms with van der Waals surface area (Å²) in [6.45, 7) is 1.20. The highest BCUT2D eigenvalue weighted by Crippen LogP contribution is 2.17. The van der Waals surface area contributed by atoms with Crippen LogP contribution in [0.5, 0.6) is 0 Å². The summed E-state index contributed by atoms with van der Waals surface area (Å²) in [5, 5.41) is 9.32. The monoisotopic (exact) mass is 200 g/mol. The Labute approximate surface area is 80.2 Å². The molecule has 0 aliphatic rings. The molecule has 1 aromatic carbocycles. The van der Waals surface area contributed by atoms with Crippen molar-refractivity contribution in [1.29, 1.82) is 0 Å². The van der Waals surface area contributed by atoms with Gasteiger partial charge in [0.2, 0.25) is 0 Å². The smallest absolute Gasteiger partial charge is 0.151 e. The van der Waals surface area contributed by atoms with Gasteiger partial charge in [0.25, 0.3) is 0 Å². The molecule has 0 saturated carbocycles. The summed E-state index contributed by atoms with van der Waals surface area (Å²) >= 11 is 0. The summed E-state index contributed by atoms with van der Waals surface area (Å²) < 4.78 is 26.1. The molecule has 1 rings (SSSR count). The standard InChI is InChI=1S/C10H10F2O2/c1-10(14,6-13)5-7-8(11)3-2-4-9(7)12/h2-4,6,14H,5H2,1H3. The number of carbonyl (C=O) groups excluding carboxylic acids is 1. The number of hydrogen-bond acceptors (Lipinski definition) is 2. The first-order valence-corrected chi connectivity index (χ1v) is 4.08. The molecule has 0 saturated heterocycles. The zero-order chi connectivity index (χ0) is 10.8. The van der Waals surface area contributed by atoms with Gasteiger partial charge < -0.3 is 9.90 Å². The Hall–Kier alpha value is -1.29. The largest absolute Gasteiger partial charge is 0.382 e. The van der Waals surface area contributed by atoms with E-state index in [0.29, 0.717) is 0 Å². The molecule has 1 unspecified atom stereocenters. The summed E-state index contributed by atoms with van der Waals surface area (Å²) in [5.74, 6) is -1.51. The van der Waals surface area contributed by atoms with Crippen LogP contribution in [-0.2, 0) is 11.2 Å². The van der Waals surface area contributed by atoms with Crippen molar-refractivity contribution in [2.45, 2.75) is 18.9 Å². The number of hydrogen-bond donors (Lipinski definition) is 1. The minimum atomic E-state index is -1.73. The molecule has 0 aliphatic carbocycles. The molecule has 0 radical (unpaired) electrons. The predicted octanol–water partition coefficient (Wildman–Crippen LogP) is 1.46. The number of benzene rings is 1. The lowest BCUT2D eigenvalue weighted by atomic mass is 9.97. The Morgan fingerprint density at radius 3 is 2.36 bits per heavy atom. The molecule has 1 atom stereocenters. The molecular formula is C10H10F2O2. The number of aldehydes is 1. The van der Waals surface area contributed by atoms with Crippen molar-refractivity contribution < 1.29 is 18.7 Å². The molecule has 0 fully saturated rings. The summed E-state index contributed by atoms with van der Waals surface area (Å²) in [6.07, 6.45) is -0.103. The molecule has 0 heterocycles. The summed E-state index contributed by atoms with van der Waals surface area (Å²) in [6, 6.07) is 3.39. The number of halogens is 2. The van der Waals surface area contributed by atoms with E-state index in [9.17, 15) is 18.7 Å². The van der Waals surface area contributed by atoms with Crippen molar-refractivity contribution in [2.24, 2.45) is 0 Å². The lowest BCUT2D eigenvalue weighted by molar-refractivity contribution is -0.122. The van der Waals surface area contributed by atoms with Crippen LogP contribution < -0.4 is 0 Å². The van der Waals surface area contributed by atoms with Gasteiger partial charge in [0.05, 0.1) is 0 Å². The zero-order valence-electron chi connectivity index (χ0n) is 7.63. The minimum Gasteiger partial charge on any atom is -0.382 e. The van der Waals surface area contributed by atoms with Crippen molar-refractivity contribution in [3.8, 4) is 0 Å². The topological polar surface area (TPSA) is 37.3 Å². The van der Waals surface area contributed by atoms with Crippen LogP contribution in [0.1, 0.15) is 12.5 Å². The van der Waals surface area contributed by atoms with Crippen LogP contribution in [0.25, 0.3) is 0 Å². The molecule has 4 heteroatoms. The quantitative estimate of drug-likeness (QED) is 0.750.